The van der Waals surface area contributed by atoms with Gasteiger partial charge in [0, 0.05) is 36.1 Å². The van der Waals surface area contributed by atoms with Gasteiger partial charge in [0.25, 0.3) is 0 Å². The number of carbonyl (C=O) groups excluding carboxylic acids is 1. The molecule has 0 spiro atoms. The van der Waals surface area contributed by atoms with Crippen LogP contribution in [0.3, 0.4) is 0 Å². The molecular weight excluding hydrogens is 317 g/mol. The molecule has 2 fully saturated rings. The summed E-state index contributed by atoms with van der Waals surface area (Å²) in [5.74, 6) is 1.10. The maximum atomic E-state index is 12.8. The first-order valence-electron chi connectivity index (χ1n) is 8.12. The number of carbonyl (C=O) groups is 1. The molecule has 0 bridgehead atoms. The smallest absolute Gasteiger partial charge is 0.223 e. The van der Waals surface area contributed by atoms with Gasteiger partial charge in [0.05, 0.1) is 13.2 Å². The highest BCUT2D eigenvalue weighted by atomic mass is 32.2. The van der Waals surface area contributed by atoms with E-state index in [1.807, 2.05) is 4.90 Å². The Balaban J connectivity index is 1.36. The minimum Gasteiger partial charge on any atom is -0.350 e. The van der Waals surface area contributed by atoms with Gasteiger partial charge in [-0.05, 0) is 37.1 Å². The minimum absolute atomic E-state index is 0.0683. The van der Waals surface area contributed by atoms with Crippen LogP contribution in [0.4, 0.5) is 4.39 Å². The monoisotopic (exact) mass is 339 g/mol. The Hall–Kier alpha value is -1.11. The van der Waals surface area contributed by atoms with E-state index in [-0.39, 0.29) is 18.0 Å². The van der Waals surface area contributed by atoms with Crippen LogP contribution in [0.25, 0.3) is 0 Å². The Morgan fingerprint density at radius 1 is 1.17 bits per heavy atom. The number of nitrogens with zero attached hydrogens (tertiary/aromatic N) is 1. The van der Waals surface area contributed by atoms with E-state index in [0.29, 0.717) is 25.6 Å². The van der Waals surface area contributed by atoms with Crippen molar-refractivity contribution in [1.82, 2.24) is 4.90 Å². The second-order valence-electron chi connectivity index (χ2n) is 5.88. The number of thioether (sulfide) groups is 1. The molecular formula is C17H22FNO3S. The Labute approximate surface area is 140 Å². The molecule has 2 heterocycles. The van der Waals surface area contributed by atoms with Crippen LogP contribution in [-0.4, -0.2) is 49.2 Å². The van der Waals surface area contributed by atoms with E-state index in [1.165, 1.54) is 12.1 Å². The molecule has 6 heteroatoms. The highest BCUT2D eigenvalue weighted by Gasteiger charge is 2.31. The number of halogens is 1. The van der Waals surface area contributed by atoms with Gasteiger partial charge >= 0.3 is 0 Å². The number of amides is 1. The van der Waals surface area contributed by atoms with E-state index >= 15 is 0 Å². The molecule has 3 rings (SSSR count). The Kier molecular flexibility index (Phi) is 5.91. The summed E-state index contributed by atoms with van der Waals surface area (Å²) in [6.45, 7) is 2.94. The third-order valence-electron chi connectivity index (χ3n) is 4.32. The largest absolute Gasteiger partial charge is 0.350 e. The zero-order chi connectivity index (χ0) is 16.1. The number of hydrogen-bond donors (Lipinski definition) is 0. The maximum absolute atomic E-state index is 12.8. The van der Waals surface area contributed by atoms with Gasteiger partial charge in [-0.3, -0.25) is 4.79 Å². The quantitative estimate of drug-likeness (QED) is 0.773. The Morgan fingerprint density at radius 2 is 1.83 bits per heavy atom. The van der Waals surface area contributed by atoms with E-state index in [4.69, 9.17) is 9.47 Å². The summed E-state index contributed by atoms with van der Waals surface area (Å²) >= 11 is 1.59. The Morgan fingerprint density at radius 3 is 2.48 bits per heavy atom. The number of piperidine rings is 1. The van der Waals surface area contributed by atoms with E-state index in [1.54, 1.807) is 23.9 Å². The molecule has 1 aromatic rings. The average Bonchev–Trinajstić information content (AvgIpc) is 3.11. The molecule has 0 aliphatic carbocycles. The molecule has 2 aliphatic rings. The van der Waals surface area contributed by atoms with Gasteiger partial charge in [-0.15, -0.1) is 11.8 Å². The van der Waals surface area contributed by atoms with Crippen molar-refractivity contribution in [3.63, 3.8) is 0 Å². The molecule has 4 nitrogen and oxygen atoms in total. The van der Waals surface area contributed by atoms with Crippen molar-refractivity contribution in [3.05, 3.63) is 30.1 Å². The zero-order valence-corrected chi connectivity index (χ0v) is 13.9. The van der Waals surface area contributed by atoms with Crippen LogP contribution >= 0.6 is 11.8 Å². The molecule has 2 aliphatic heterocycles. The van der Waals surface area contributed by atoms with Crippen LogP contribution in [0, 0.1) is 11.7 Å². The number of benzene rings is 1. The van der Waals surface area contributed by atoms with Crippen molar-refractivity contribution in [2.45, 2.75) is 30.4 Å². The van der Waals surface area contributed by atoms with Crippen LogP contribution in [0.2, 0.25) is 0 Å². The average molecular weight is 339 g/mol. The fraction of sp³-hybridized carbons (Fsp3) is 0.588. The van der Waals surface area contributed by atoms with E-state index in [0.717, 1.165) is 36.6 Å². The van der Waals surface area contributed by atoms with Crippen LogP contribution < -0.4 is 0 Å². The lowest BCUT2D eigenvalue weighted by Crippen LogP contribution is -2.41. The highest BCUT2D eigenvalue weighted by molar-refractivity contribution is 7.99. The van der Waals surface area contributed by atoms with Crippen LogP contribution in [-0.2, 0) is 14.3 Å². The van der Waals surface area contributed by atoms with Gasteiger partial charge < -0.3 is 14.4 Å². The molecule has 0 atom stereocenters. The summed E-state index contributed by atoms with van der Waals surface area (Å²) < 4.78 is 23.9. The number of ether oxygens (including phenoxy) is 2. The van der Waals surface area contributed by atoms with E-state index in [9.17, 15) is 9.18 Å². The molecule has 0 aromatic heterocycles. The Bertz CT molecular complexity index is 511. The molecule has 1 aromatic carbocycles. The van der Waals surface area contributed by atoms with E-state index in [2.05, 4.69) is 0 Å². The molecule has 0 unspecified atom stereocenters. The van der Waals surface area contributed by atoms with Gasteiger partial charge in [0.15, 0.2) is 6.29 Å². The summed E-state index contributed by atoms with van der Waals surface area (Å²) in [6, 6.07) is 6.39. The predicted octanol–water partition coefficient (Wildman–Crippen LogP) is 2.92. The van der Waals surface area contributed by atoms with Crippen molar-refractivity contribution in [3.8, 4) is 0 Å². The van der Waals surface area contributed by atoms with Crippen molar-refractivity contribution in [1.29, 1.82) is 0 Å². The summed E-state index contributed by atoms with van der Waals surface area (Å²) in [5, 5.41) is 0. The summed E-state index contributed by atoms with van der Waals surface area (Å²) in [7, 11) is 0. The lowest BCUT2D eigenvalue weighted by molar-refractivity contribution is -0.136. The first-order chi connectivity index (χ1) is 11.2. The first-order valence-corrected chi connectivity index (χ1v) is 9.10. The van der Waals surface area contributed by atoms with Crippen LogP contribution in [0.1, 0.15) is 19.3 Å². The van der Waals surface area contributed by atoms with Crippen LogP contribution in [0.15, 0.2) is 29.2 Å². The fourth-order valence-corrected chi connectivity index (χ4v) is 3.86. The summed E-state index contributed by atoms with van der Waals surface area (Å²) in [5.41, 5.74) is 0. The first kappa shape index (κ1) is 16.7. The van der Waals surface area contributed by atoms with Gasteiger partial charge in [-0.1, -0.05) is 0 Å². The van der Waals surface area contributed by atoms with Gasteiger partial charge in [-0.25, -0.2) is 4.39 Å². The molecule has 2 saturated heterocycles. The zero-order valence-electron chi connectivity index (χ0n) is 13.1. The molecule has 1 amide bonds. The lowest BCUT2D eigenvalue weighted by Gasteiger charge is -2.33. The molecule has 0 N–H and O–H groups in total. The second kappa shape index (κ2) is 8.13. The topological polar surface area (TPSA) is 38.8 Å². The standard InChI is InChI=1S/C17H22FNO3S/c18-14-1-3-15(4-2-14)23-12-7-16(20)19-8-5-13(6-9-19)17-21-10-11-22-17/h1-4,13,17H,5-12H2. The fourth-order valence-electron chi connectivity index (χ4n) is 3.01. The normalized spacial score (nSPS) is 20.1. The third-order valence-corrected chi connectivity index (χ3v) is 5.34. The predicted molar refractivity (Wildman–Crippen MR) is 86.7 cm³/mol. The molecule has 23 heavy (non-hydrogen) atoms. The minimum atomic E-state index is -0.233. The van der Waals surface area contributed by atoms with Gasteiger partial charge in [0.2, 0.25) is 5.91 Å². The third kappa shape index (κ3) is 4.68. The molecule has 126 valence electrons. The van der Waals surface area contributed by atoms with Crippen molar-refractivity contribution in [2.24, 2.45) is 5.92 Å². The van der Waals surface area contributed by atoms with Crippen molar-refractivity contribution in [2.75, 3.05) is 32.1 Å². The molecule has 0 saturated carbocycles. The second-order valence-corrected chi connectivity index (χ2v) is 7.05. The van der Waals surface area contributed by atoms with Crippen LogP contribution in [0.5, 0.6) is 0 Å². The number of rotatable bonds is 5. The SMILES string of the molecule is O=C(CCSc1ccc(F)cc1)N1CCC(C2OCCO2)CC1. The van der Waals surface area contributed by atoms with Crippen molar-refractivity contribution < 1.29 is 18.7 Å². The highest BCUT2D eigenvalue weighted by Crippen LogP contribution is 2.26. The number of hydrogen-bond acceptors (Lipinski definition) is 4. The summed E-state index contributed by atoms with van der Waals surface area (Å²) in [4.78, 5) is 15.2. The summed E-state index contributed by atoms with van der Waals surface area (Å²) in [6.07, 6.45) is 2.34. The van der Waals surface area contributed by atoms with Gasteiger partial charge in [-0.2, -0.15) is 0 Å². The van der Waals surface area contributed by atoms with Crippen molar-refractivity contribution >= 4 is 17.7 Å². The molecule has 0 radical (unpaired) electrons. The lowest BCUT2D eigenvalue weighted by atomic mass is 9.96. The number of likely N-dealkylation sites (tertiary alicyclic amines) is 1. The van der Waals surface area contributed by atoms with Gasteiger partial charge in [0.1, 0.15) is 5.82 Å². The maximum Gasteiger partial charge on any atom is 0.223 e. The van der Waals surface area contributed by atoms with E-state index < -0.39 is 0 Å².